The van der Waals surface area contributed by atoms with E-state index >= 15 is 0 Å². The molecule has 1 aromatic rings. The number of halogens is 3. The second-order valence-electron chi connectivity index (χ2n) is 9.96. The number of amides is 1. The Morgan fingerprint density at radius 1 is 1.12 bits per heavy atom. The maximum Gasteiger partial charge on any atom is 0.410 e. The lowest BCUT2D eigenvalue weighted by atomic mass is 9.92. The average Bonchev–Trinajstić information content (AvgIpc) is 2.73. The van der Waals surface area contributed by atoms with Gasteiger partial charge in [-0.05, 0) is 62.0 Å². The van der Waals surface area contributed by atoms with E-state index in [9.17, 15) is 13.6 Å². The molecule has 0 radical (unpaired) electrons. The van der Waals surface area contributed by atoms with Crippen molar-refractivity contribution in [3.05, 3.63) is 22.8 Å². The first kappa shape index (κ1) is 27.1. The molecule has 1 amide bonds. The number of nitrogens with zero attached hydrogens (tertiary/aromatic N) is 2. The lowest BCUT2D eigenvalue weighted by Crippen LogP contribution is -2.44. The number of pyridine rings is 1. The Hall–Kier alpha value is -1.52. The fourth-order valence-electron chi connectivity index (χ4n) is 3.78. The molecule has 7 nitrogen and oxygen atoms in total. The lowest BCUT2D eigenvalue weighted by molar-refractivity contribution is -0.119. The lowest BCUT2D eigenvalue weighted by Gasteiger charge is -2.35. The molecule has 0 bridgehead atoms. The number of piperidine rings is 1. The van der Waals surface area contributed by atoms with Crippen LogP contribution in [-0.4, -0.2) is 72.1 Å². The Labute approximate surface area is 208 Å². The van der Waals surface area contributed by atoms with E-state index in [1.54, 1.807) is 17.2 Å². The molecule has 2 fully saturated rings. The predicted octanol–water partition coefficient (Wildman–Crippen LogP) is 5.60. The van der Waals surface area contributed by atoms with Crippen LogP contribution in [0.15, 0.2) is 22.8 Å². The van der Waals surface area contributed by atoms with Gasteiger partial charge in [0, 0.05) is 55.7 Å². The number of ether oxygens (including phenoxy) is 4. The zero-order valence-corrected chi connectivity index (χ0v) is 21.7. The molecular weight excluding hydrogens is 514 g/mol. The first-order valence-electron chi connectivity index (χ1n) is 11.9. The zero-order valence-electron chi connectivity index (χ0n) is 20.1. The van der Waals surface area contributed by atoms with Gasteiger partial charge in [-0.1, -0.05) is 0 Å². The number of carbonyl (C=O) groups excluding carboxylic acids is 1. The van der Waals surface area contributed by atoms with Crippen molar-refractivity contribution in [1.82, 2.24) is 9.88 Å². The van der Waals surface area contributed by atoms with Crippen molar-refractivity contribution in [3.63, 3.8) is 0 Å². The van der Waals surface area contributed by atoms with Gasteiger partial charge < -0.3 is 23.8 Å². The maximum absolute atomic E-state index is 14.2. The monoisotopic (exact) mass is 548 g/mol. The van der Waals surface area contributed by atoms with E-state index in [2.05, 4.69) is 20.9 Å². The Bertz CT molecular complexity index is 777. The summed E-state index contributed by atoms with van der Waals surface area (Å²) in [5.41, 5.74) is -0.554. The Morgan fingerprint density at radius 3 is 2.44 bits per heavy atom. The molecule has 34 heavy (non-hydrogen) atoms. The van der Waals surface area contributed by atoms with Crippen LogP contribution in [0, 0.1) is 0 Å². The van der Waals surface area contributed by atoms with E-state index in [1.807, 2.05) is 26.8 Å². The van der Waals surface area contributed by atoms with Crippen LogP contribution in [0.4, 0.5) is 13.6 Å². The summed E-state index contributed by atoms with van der Waals surface area (Å²) in [7, 11) is 0. The summed E-state index contributed by atoms with van der Waals surface area (Å²) >= 11 is 3.33. The molecule has 1 aromatic heterocycles. The number of aromatic nitrogens is 1. The molecule has 0 aromatic carbocycles. The SMILES string of the molecule is CC(C)(C)OC(=O)N1CCC(OCC(F)(F)CCCO[C@H]2C[C@H](Oc3ccc(Br)cn3)C2)CC1. The highest BCUT2D eigenvalue weighted by Gasteiger charge is 2.34. The van der Waals surface area contributed by atoms with E-state index in [0.717, 1.165) is 17.3 Å². The van der Waals surface area contributed by atoms with Gasteiger partial charge in [-0.3, -0.25) is 0 Å². The fraction of sp³-hybridized carbons (Fsp3) is 0.750. The standard InChI is InChI=1S/C24H35BrF2N2O5/c1-23(2,3)34-22(30)29-10-7-18(8-11-29)32-16-24(26,27)9-4-12-31-19-13-20(14-19)33-21-6-5-17(25)15-28-21/h5-6,15,18-20H,4,7-14,16H2,1-3H3/t19-,20-. The van der Waals surface area contributed by atoms with E-state index in [0.29, 0.717) is 31.8 Å². The Balaban J connectivity index is 1.22. The van der Waals surface area contributed by atoms with Crippen molar-refractivity contribution in [2.45, 2.75) is 89.1 Å². The topological polar surface area (TPSA) is 70.1 Å². The highest BCUT2D eigenvalue weighted by molar-refractivity contribution is 9.10. The van der Waals surface area contributed by atoms with Crippen LogP contribution in [0.3, 0.4) is 0 Å². The third-order valence-electron chi connectivity index (χ3n) is 5.70. The summed E-state index contributed by atoms with van der Waals surface area (Å²) < 4.78 is 51.6. The molecule has 3 rings (SSSR count). The molecule has 1 aliphatic heterocycles. The number of rotatable bonds is 10. The van der Waals surface area contributed by atoms with Gasteiger partial charge in [-0.2, -0.15) is 0 Å². The van der Waals surface area contributed by atoms with Crippen LogP contribution in [0.2, 0.25) is 0 Å². The van der Waals surface area contributed by atoms with Crippen molar-refractivity contribution >= 4 is 22.0 Å². The highest BCUT2D eigenvalue weighted by atomic mass is 79.9. The first-order valence-corrected chi connectivity index (χ1v) is 12.7. The van der Waals surface area contributed by atoms with Crippen molar-refractivity contribution in [1.29, 1.82) is 0 Å². The number of likely N-dealkylation sites (tertiary alicyclic amines) is 1. The third-order valence-corrected chi connectivity index (χ3v) is 6.17. The largest absolute Gasteiger partial charge is 0.474 e. The van der Waals surface area contributed by atoms with Crippen LogP contribution < -0.4 is 4.74 Å². The van der Waals surface area contributed by atoms with Crippen LogP contribution >= 0.6 is 15.9 Å². The van der Waals surface area contributed by atoms with E-state index < -0.39 is 18.1 Å². The zero-order chi connectivity index (χ0) is 24.8. The number of carbonyl (C=O) groups is 1. The van der Waals surface area contributed by atoms with Gasteiger partial charge in [0.2, 0.25) is 5.88 Å². The second kappa shape index (κ2) is 11.9. The summed E-state index contributed by atoms with van der Waals surface area (Å²) in [6, 6.07) is 3.67. The third kappa shape index (κ3) is 9.26. The van der Waals surface area contributed by atoms with Crippen LogP contribution in [-0.2, 0) is 14.2 Å². The van der Waals surface area contributed by atoms with Gasteiger partial charge >= 0.3 is 6.09 Å². The van der Waals surface area contributed by atoms with E-state index in [1.165, 1.54) is 0 Å². The molecule has 192 valence electrons. The minimum Gasteiger partial charge on any atom is -0.474 e. The van der Waals surface area contributed by atoms with Gasteiger partial charge in [-0.25, -0.2) is 18.6 Å². The molecule has 1 saturated carbocycles. The second-order valence-corrected chi connectivity index (χ2v) is 10.9. The van der Waals surface area contributed by atoms with Gasteiger partial charge in [0.25, 0.3) is 5.92 Å². The van der Waals surface area contributed by atoms with Crippen molar-refractivity contribution < 1.29 is 32.5 Å². The molecular formula is C24H35BrF2N2O5. The molecule has 1 aliphatic carbocycles. The first-order chi connectivity index (χ1) is 16.0. The van der Waals surface area contributed by atoms with Crippen molar-refractivity contribution in [3.8, 4) is 5.88 Å². The molecule has 0 spiro atoms. The summed E-state index contributed by atoms with van der Waals surface area (Å²) in [4.78, 5) is 17.9. The number of hydrogen-bond donors (Lipinski definition) is 0. The Morgan fingerprint density at radius 2 is 1.82 bits per heavy atom. The van der Waals surface area contributed by atoms with E-state index in [4.69, 9.17) is 18.9 Å². The molecule has 10 heteroatoms. The van der Waals surface area contributed by atoms with Crippen molar-refractivity contribution in [2.75, 3.05) is 26.3 Å². The minimum absolute atomic E-state index is 0.0421. The molecule has 0 N–H and O–H groups in total. The van der Waals surface area contributed by atoms with Gasteiger partial charge in [0.1, 0.15) is 18.3 Å². The van der Waals surface area contributed by atoms with Gasteiger partial charge in [0.05, 0.1) is 12.2 Å². The smallest absolute Gasteiger partial charge is 0.410 e. The van der Waals surface area contributed by atoms with Crippen LogP contribution in [0.5, 0.6) is 5.88 Å². The summed E-state index contributed by atoms with van der Waals surface area (Å²) in [6.45, 7) is 6.02. The summed E-state index contributed by atoms with van der Waals surface area (Å²) in [6.07, 6.45) is 3.65. The summed E-state index contributed by atoms with van der Waals surface area (Å²) in [5, 5.41) is 0. The quantitative estimate of drug-likeness (QED) is 0.354. The van der Waals surface area contributed by atoms with Crippen molar-refractivity contribution in [2.24, 2.45) is 0 Å². The van der Waals surface area contributed by atoms with Gasteiger partial charge in [-0.15, -0.1) is 0 Å². The normalized spacial score (nSPS) is 21.8. The van der Waals surface area contributed by atoms with Crippen LogP contribution in [0.1, 0.15) is 59.3 Å². The fourth-order valence-corrected chi connectivity index (χ4v) is 4.01. The average molecular weight is 549 g/mol. The summed E-state index contributed by atoms with van der Waals surface area (Å²) in [5.74, 6) is -2.33. The van der Waals surface area contributed by atoms with Gasteiger partial charge in [0.15, 0.2) is 0 Å². The van der Waals surface area contributed by atoms with Crippen LogP contribution in [0.25, 0.3) is 0 Å². The molecule has 1 saturated heterocycles. The molecule has 0 unspecified atom stereocenters. The van der Waals surface area contributed by atoms with E-state index in [-0.39, 0.29) is 43.9 Å². The highest BCUT2D eigenvalue weighted by Crippen LogP contribution is 2.29. The predicted molar refractivity (Wildman–Crippen MR) is 126 cm³/mol. The molecule has 2 aliphatic rings. The molecule has 2 heterocycles. The number of hydrogen-bond acceptors (Lipinski definition) is 6. The minimum atomic E-state index is -2.90. The number of alkyl halides is 2. The Kier molecular flexibility index (Phi) is 9.51. The molecule has 0 atom stereocenters. The maximum atomic E-state index is 14.2.